The second kappa shape index (κ2) is 8.73. The normalized spacial score (nSPS) is 10.9. The molecule has 0 fully saturated rings. The van der Waals surface area contributed by atoms with Crippen LogP contribution in [0.1, 0.15) is 11.1 Å². The van der Waals surface area contributed by atoms with Gasteiger partial charge in [0.05, 0.1) is 10.0 Å². The predicted molar refractivity (Wildman–Crippen MR) is 118 cm³/mol. The molecule has 2 nitrogen and oxygen atoms in total. The molecule has 0 radical (unpaired) electrons. The molecule has 0 aliphatic rings. The van der Waals surface area contributed by atoms with E-state index in [0.717, 1.165) is 33.3 Å². The molecule has 29 heavy (non-hydrogen) atoms. The topological polar surface area (TPSA) is 21.3 Å². The van der Waals surface area contributed by atoms with E-state index in [1.807, 2.05) is 36.4 Å². The molecule has 0 spiro atoms. The molecule has 0 bridgehead atoms. The van der Waals surface area contributed by atoms with Crippen LogP contribution in [-0.4, -0.2) is 0 Å². The fraction of sp³-hybridized carbons (Fsp3) is 0.0833. The maximum absolute atomic E-state index is 13.5. The van der Waals surface area contributed by atoms with Crippen molar-refractivity contribution in [1.82, 2.24) is 0 Å². The maximum atomic E-state index is 13.5. The average Bonchev–Trinajstić information content (AvgIpc) is 2.73. The zero-order valence-electron chi connectivity index (χ0n) is 15.5. The van der Waals surface area contributed by atoms with Gasteiger partial charge in [-0.25, -0.2) is 4.39 Å². The first-order valence-corrected chi connectivity index (χ1v) is 9.92. The Morgan fingerprint density at radius 2 is 1.69 bits per heavy atom. The van der Waals surface area contributed by atoms with Crippen molar-refractivity contribution in [2.24, 2.45) is 0 Å². The fourth-order valence-electron chi connectivity index (χ4n) is 3.22. The van der Waals surface area contributed by atoms with Gasteiger partial charge in [-0.05, 0) is 52.7 Å². The molecule has 5 heteroatoms. The van der Waals surface area contributed by atoms with Crippen molar-refractivity contribution in [2.75, 3.05) is 5.32 Å². The van der Waals surface area contributed by atoms with Crippen LogP contribution in [0.4, 0.5) is 10.1 Å². The van der Waals surface area contributed by atoms with Crippen LogP contribution in [0.3, 0.4) is 0 Å². The molecule has 0 atom stereocenters. The van der Waals surface area contributed by atoms with Crippen LogP contribution >= 0.6 is 23.2 Å². The van der Waals surface area contributed by atoms with Crippen molar-refractivity contribution in [2.45, 2.75) is 13.2 Å². The number of anilines is 1. The molecule has 0 saturated heterocycles. The molecular formula is C24H18Cl2FNO. The average molecular weight is 426 g/mol. The summed E-state index contributed by atoms with van der Waals surface area (Å²) in [5.41, 5.74) is 2.66. The number of hydrogen-bond acceptors (Lipinski definition) is 2. The van der Waals surface area contributed by atoms with Gasteiger partial charge in [-0.15, -0.1) is 0 Å². The van der Waals surface area contributed by atoms with E-state index in [-0.39, 0.29) is 12.4 Å². The summed E-state index contributed by atoms with van der Waals surface area (Å²) in [6.07, 6.45) is 0. The van der Waals surface area contributed by atoms with E-state index in [4.69, 9.17) is 27.9 Å². The van der Waals surface area contributed by atoms with Gasteiger partial charge in [0.2, 0.25) is 0 Å². The highest BCUT2D eigenvalue weighted by atomic mass is 35.5. The van der Waals surface area contributed by atoms with E-state index >= 15 is 0 Å². The lowest BCUT2D eigenvalue weighted by molar-refractivity contribution is 0.303. The lowest BCUT2D eigenvalue weighted by Gasteiger charge is -2.16. The van der Waals surface area contributed by atoms with Crippen molar-refractivity contribution in [1.29, 1.82) is 0 Å². The van der Waals surface area contributed by atoms with Crippen LogP contribution in [0.25, 0.3) is 10.8 Å². The highest BCUT2D eigenvalue weighted by Gasteiger charge is 2.10. The Morgan fingerprint density at radius 1 is 0.828 bits per heavy atom. The first-order valence-electron chi connectivity index (χ1n) is 9.17. The minimum atomic E-state index is -0.272. The molecule has 0 heterocycles. The van der Waals surface area contributed by atoms with Gasteiger partial charge >= 0.3 is 0 Å². The molecule has 0 unspecified atom stereocenters. The molecular weight excluding hydrogens is 408 g/mol. The second-order valence-corrected chi connectivity index (χ2v) is 7.48. The summed E-state index contributed by atoms with van der Waals surface area (Å²) in [5.74, 6) is 0.478. The van der Waals surface area contributed by atoms with E-state index in [1.165, 1.54) is 12.1 Å². The molecule has 4 aromatic carbocycles. The summed E-state index contributed by atoms with van der Waals surface area (Å²) in [4.78, 5) is 0. The molecule has 4 aromatic rings. The van der Waals surface area contributed by atoms with E-state index in [9.17, 15) is 4.39 Å². The predicted octanol–water partition coefficient (Wildman–Crippen LogP) is 7.48. The Balaban J connectivity index is 1.62. The van der Waals surface area contributed by atoms with Gasteiger partial charge in [0.15, 0.2) is 0 Å². The fourth-order valence-corrected chi connectivity index (χ4v) is 3.52. The van der Waals surface area contributed by atoms with Crippen molar-refractivity contribution >= 4 is 39.7 Å². The number of fused-ring (bicyclic) bond motifs is 1. The highest BCUT2D eigenvalue weighted by Crippen LogP contribution is 2.31. The summed E-state index contributed by atoms with van der Waals surface area (Å²) in [7, 11) is 0. The third kappa shape index (κ3) is 4.64. The third-order valence-corrected chi connectivity index (χ3v) is 5.41. The Labute approximate surface area is 178 Å². The Kier molecular flexibility index (Phi) is 5.89. The van der Waals surface area contributed by atoms with Crippen molar-refractivity contribution in [3.8, 4) is 5.75 Å². The molecule has 146 valence electrons. The van der Waals surface area contributed by atoms with E-state index < -0.39 is 0 Å². The molecule has 0 aliphatic carbocycles. The number of hydrogen-bond donors (Lipinski definition) is 1. The van der Waals surface area contributed by atoms with Gasteiger partial charge < -0.3 is 10.1 Å². The van der Waals surface area contributed by atoms with E-state index in [0.29, 0.717) is 16.6 Å². The first-order chi connectivity index (χ1) is 14.1. The summed E-state index contributed by atoms with van der Waals surface area (Å²) in [5, 5.41) is 6.61. The zero-order valence-corrected chi connectivity index (χ0v) is 17.0. The molecule has 1 N–H and O–H groups in total. The Hall–Kier alpha value is -2.75. The maximum Gasteiger partial charge on any atom is 0.125 e. The quantitative estimate of drug-likeness (QED) is 0.345. The van der Waals surface area contributed by atoms with Crippen LogP contribution in [0, 0.1) is 5.82 Å². The Bertz CT molecular complexity index is 1160. The van der Waals surface area contributed by atoms with Gasteiger partial charge in [-0.1, -0.05) is 65.7 Å². The number of halogens is 3. The van der Waals surface area contributed by atoms with Crippen LogP contribution in [-0.2, 0) is 13.2 Å². The van der Waals surface area contributed by atoms with E-state index in [1.54, 1.807) is 18.2 Å². The minimum Gasteiger partial charge on any atom is -0.489 e. The summed E-state index contributed by atoms with van der Waals surface area (Å²) in [6.45, 7) is 0.827. The molecule has 0 aliphatic heterocycles. The van der Waals surface area contributed by atoms with Crippen LogP contribution in [0.5, 0.6) is 5.75 Å². The van der Waals surface area contributed by atoms with Gasteiger partial charge in [0, 0.05) is 17.8 Å². The summed E-state index contributed by atoms with van der Waals surface area (Å²) in [6, 6.07) is 24.0. The Morgan fingerprint density at radius 3 is 2.52 bits per heavy atom. The molecule has 0 amide bonds. The number of benzene rings is 4. The third-order valence-electron chi connectivity index (χ3n) is 4.67. The first kappa shape index (κ1) is 19.6. The summed E-state index contributed by atoms with van der Waals surface area (Å²) < 4.78 is 19.5. The van der Waals surface area contributed by atoms with Crippen molar-refractivity contribution in [3.63, 3.8) is 0 Å². The molecule has 0 aromatic heterocycles. The molecule has 4 rings (SSSR count). The van der Waals surface area contributed by atoms with Gasteiger partial charge in [0.1, 0.15) is 18.2 Å². The SMILES string of the molecule is Fc1cccc(COc2ccc3ccccc3c2CNc2ccc(Cl)c(Cl)c2)c1. The van der Waals surface area contributed by atoms with Crippen molar-refractivity contribution < 1.29 is 9.13 Å². The van der Waals surface area contributed by atoms with Crippen molar-refractivity contribution in [3.05, 3.63) is 106 Å². The largest absolute Gasteiger partial charge is 0.489 e. The second-order valence-electron chi connectivity index (χ2n) is 6.66. The molecule has 0 saturated carbocycles. The van der Waals surface area contributed by atoms with Crippen LogP contribution in [0.2, 0.25) is 10.0 Å². The number of nitrogens with one attached hydrogen (secondary N) is 1. The van der Waals surface area contributed by atoms with Gasteiger partial charge in [-0.3, -0.25) is 0 Å². The van der Waals surface area contributed by atoms with E-state index in [2.05, 4.69) is 17.4 Å². The van der Waals surface area contributed by atoms with Crippen LogP contribution < -0.4 is 10.1 Å². The minimum absolute atomic E-state index is 0.272. The number of ether oxygens (including phenoxy) is 1. The van der Waals surface area contributed by atoms with Gasteiger partial charge in [-0.2, -0.15) is 0 Å². The summed E-state index contributed by atoms with van der Waals surface area (Å²) >= 11 is 12.1. The highest BCUT2D eigenvalue weighted by molar-refractivity contribution is 6.42. The monoisotopic (exact) mass is 425 g/mol. The smallest absolute Gasteiger partial charge is 0.125 e. The lowest BCUT2D eigenvalue weighted by Crippen LogP contribution is -2.05. The van der Waals surface area contributed by atoms with Crippen LogP contribution in [0.15, 0.2) is 78.9 Å². The van der Waals surface area contributed by atoms with Gasteiger partial charge in [0.25, 0.3) is 0 Å². The zero-order chi connectivity index (χ0) is 20.2. The number of rotatable bonds is 6. The standard InChI is InChI=1S/C24H18Cl2FNO/c25-22-10-9-19(13-23(22)26)28-14-21-20-7-2-1-5-17(20)8-11-24(21)29-15-16-4-3-6-18(27)12-16/h1-13,28H,14-15H2. The lowest BCUT2D eigenvalue weighted by atomic mass is 10.0.